The third-order valence-corrected chi connectivity index (χ3v) is 4.60. The molecule has 0 aliphatic carbocycles. The standard InChI is InChI=1S/C12H17N3OS2/c1-8-6-9(12(13)17)7-11(14-8)15-10-2-4-18(16)5-3-10/h6-7,10H,2-5H2,1H3,(H2,13,17)(H,14,15). The van der Waals surface area contributed by atoms with E-state index in [0.717, 1.165) is 41.4 Å². The van der Waals surface area contributed by atoms with Gasteiger partial charge in [-0.15, -0.1) is 0 Å². The van der Waals surface area contributed by atoms with E-state index in [0.29, 0.717) is 11.0 Å². The van der Waals surface area contributed by atoms with Crippen molar-refractivity contribution in [2.75, 3.05) is 16.8 Å². The molecular weight excluding hydrogens is 266 g/mol. The number of nitrogens with two attached hydrogens (primary N) is 1. The lowest BCUT2D eigenvalue weighted by Gasteiger charge is -2.23. The van der Waals surface area contributed by atoms with Crippen LogP contribution in [0.3, 0.4) is 0 Å². The highest BCUT2D eigenvalue weighted by atomic mass is 32.2. The molecule has 1 aromatic heterocycles. The summed E-state index contributed by atoms with van der Waals surface area (Å²) in [6.45, 7) is 1.92. The number of anilines is 1. The molecule has 0 bridgehead atoms. The number of hydrogen-bond donors (Lipinski definition) is 2. The maximum atomic E-state index is 11.3. The molecule has 2 rings (SSSR count). The smallest absolute Gasteiger partial charge is 0.127 e. The second-order valence-corrected chi connectivity index (χ2v) is 6.65. The molecule has 0 spiro atoms. The van der Waals surface area contributed by atoms with Gasteiger partial charge in [-0.1, -0.05) is 12.2 Å². The molecule has 1 fully saturated rings. The summed E-state index contributed by atoms with van der Waals surface area (Å²) < 4.78 is 11.3. The van der Waals surface area contributed by atoms with Gasteiger partial charge in [-0.05, 0) is 31.9 Å². The van der Waals surface area contributed by atoms with Gasteiger partial charge in [0, 0.05) is 39.6 Å². The Morgan fingerprint density at radius 2 is 2.17 bits per heavy atom. The van der Waals surface area contributed by atoms with Crippen LogP contribution in [0.25, 0.3) is 0 Å². The summed E-state index contributed by atoms with van der Waals surface area (Å²) in [7, 11) is -0.636. The zero-order valence-electron chi connectivity index (χ0n) is 10.3. The summed E-state index contributed by atoms with van der Waals surface area (Å²) in [6, 6.07) is 4.10. The van der Waals surface area contributed by atoms with Crippen molar-refractivity contribution in [2.45, 2.75) is 25.8 Å². The van der Waals surface area contributed by atoms with E-state index in [4.69, 9.17) is 18.0 Å². The van der Waals surface area contributed by atoms with Gasteiger partial charge in [0.2, 0.25) is 0 Å². The van der Waals surface area contributed by atoms with Crippen molar-refractivity contribution in [2.24, 2.45) is 5.73 Å². The molecule has 1 aromatic rings. The van der Waals surface area contributed by atoms with E-state index in [1.165, 1.54) is 0 Å². The maximum Gasteiger partial charge on any atom is 0.127 e. The quantitative estimate of drug-likeness (QED) is 0.820. The van der Waals surface area contributed by atoms with Gasteiger partial charge in [-0.2, -0.15) is 0 Å². The minimum Gasteiger partial charge on any atom is -0.389 e. The summed E-state index contributed by atoms with van der Waals surface area (Å²) in [6.07, 6.45) is 1.84. The average molecular weight is 283 g/mol. The molecule has 1 aliphatic rings. The van der Waals surface area contributed by atoms with Crippen LogP contribution in [-0.4, -0.2) is 31.7 Å². The Morgan fingerprint density at radius 1 is 1.50 bits per heavy atom. The average Bonchev–Trinajstić information content (AvgIpc) is 2.31. The number of pyridine rings is 1. The summed E-state index contributed by atoms with van der Waals surface area (Å²) in [4.78, 5) is 4.81. The first-order valence-electron chi connectivity index (χ1n) is 5.94. The number of thiocarbonyl (C=S) groups is 1. The van der Waals surface area contributed by atoms with Crippen LogP contribution in [0.15, 0.2) is 12.1 Å². The summed E-state index contributed by atoms with van der Waals surface area (Å²) in [5.74, 6) is 2.34. The first-order valence-corrected chi connectivity index (χ1v) is 7.84. The van der Waals surface area contributed by atoms with E-state index in [-0.39, 0.29) is 0 Å². The maximum absolute atomic E-state index is 11.3. The van der Waals surface area contributed by atoms with Gasteiger partial charge in [0.1, 0.15) is 10.8 Å². The van der Waals surface area contributed by atoms with Crippen LogP contribution in [-0.2, 0) is 10.8 Å². The molecule has 0 unspecified atom stereocenters. The molecule has 6 heteroatoms. The molecule has 18 heavy (non-hydrogen) atoms. The zero-order valence-corrected chi connectivity index (χ0v) is 11.9. The Hall–Kier alpha value is -1.01. The molecule has 0 amide bonds. The lowest BCUT2D eigenvalue weighted by atomic mass is 10.1. The Labute approximate surface area is 115 Å². The minimum absolute atomic E-state index is 0.344. The number of nitrogens with one attached hydrogen (secondary N) is 1. The lowest BCUT2D eigenvalue weighted by molar-refractivity contribution is 0.622. The van der Waals surface area contributed by atoms with E-state index in [1.807, 2.05) is 19.1 Å². The molecule has 98 valence electrons. The molecule has 4 nitrogen and oxygen atoms in total. The van der Waals surface area contributed by atoms with E-state index in [9.17, 15) is 4.21 Å². The van der Waals surface area contributed by atoms with Gasteiger partial charge in [0.05, 0.1) is 0 Å². The van der Waals surface area contributed by atoms with Crippen molar-refractivity contribution in [1.82, 2.24) is 4.98 Å². The number of aryl methyl sites for hydroxylation is 1. The summed E-state index contributed by atoms with van der Waals surface area (Å²) >= 11 is 4.98. The van der Waals surface area contributed by atoms with Gasteiger partial charge in [-0.25, -0.2) is 4.98 Å². The van der Waals surface area contributed by atoms with Crippen LogP contribution >= 0.6 is 12.2 Å². The highest BCUT2D eigenvalue weighted by Gasteiger charge is 2.18. The molecular formula is C12H17N3OS2. The van der Waals surface area contributed by atoms with E-state index < -0.39 is 10.8 Å². The van der Waals surface area contributed by atoms with Gasteiger partial charge >= 0.3 is 0 Å². The number of nitrogens with zero attached hydrogens (tertiary/aromatic N) is 1. The van der Waals surface area contributed by atoms with Gasteiger partial charge in [-0.3, -0.25) is 4.21 Å². The zero-order chi connectivity index (χ0) is 13.1. The largest absolute Gasteiger partial charge is 0.389 e. The van der Waals surface area contributed by atoms with Crippen molar-refractivity contribution in [1.29, 1.82) is 0 Å². The fraction of sp³-hybridized carbons (Fsp3) is 0.500. The monoisotopic (exact) mass is 283 g/mol. The normalized spacial score (nSPS) is 23.6. The molecule has 2 heterocycles. The van der Waals surface area contributed by atoms with Crippen LogP contribution in [0.1, 0.15) is 24.1 Å². The third-order valence-electron chi connectivity index (χ3n) is 2.98. The third kappa shape index (κ3) is 3.49. The van der Waals surface area contributed by atoms with Crippen molar-refractivity contribution < 1.29 is 4.21 Å². The van der Waals surface area contributed by atoms with E-state index in [1.54, 1.807) is 0 Å². The fourth-order valence-corrected chi connectivity index (χ4v) is 3.45. The summed E-state index contributed by atoms with van der Waals surface area (Å²) in [5.41, 5.74) is 7.36. The highest BCUT2D eigenvalue weighted by molar-refractivity contribution is 7.85. The van der Waals surface area contributed by atoms with Crippen molar-refractivity contribution in [3.8, 4) is 0 Å². The van der Waals surface area contributed by atoms with E-state index >= 15 is 0 Å². The van der Waals surface area contributed by atoms with Crippen LogP contribution in [0.5, 0.6) is 0 Å². The van der Waals surface area contributed by atoms with Crippen LogP contribution in [0, 0.1) is 6.92 Å². The SMILES string of the molecule is Cc1cc(C(N)=S)cc(NC2CCS(=O)CC2)n1. The van der Waals surface area contributed by atoms with Crippen molar-refractivity contribution in [3.63, 3.8) is 0 Å². The van der Waals surface area contributed by atoms with Gasteiger partial charge in [0.15, 0.2) is 0 Å². The minimum atomic E-state index is -0.636. The van der Waals surface area contributed by atoms with Crippen LogP contribution < -0.4 is 11.1 Å². The number of aromatic nitrogens is 1. The second kappa shape index (κ2) is 5.75. The first-order chi connectivity index (χ1) is 8.54. The molecule has 3 N–H and O–H groups in total. The topological polar surface area (TPSA) is 68.0 Å². The van der Waals surface area contributed by atoms with Crippen LogP contribution in [0.2, 0.25) is 0 Å². The van der Waals surface area contributed by atoms with Crippen molar-refractivity contribution >= 4 is 33.8 Å². The molecule has 0 atom stereocenters. The Morgan fingerprint density at radius 3 is 2.78 bits per heavy atom. The van der Waals surface area contributed by atoms with Gasteiger partial charge < -0.3 is 11.1 Å². The Kier molecular flexibility index (Phi) is 4.29. The number of rotatable bonds is 3. The first kappa shape index (κ1) is 13.4. The Bertz CT molecular complexity index is 480. The van der Waals surface area contributed by atoms with E-state index in [2.05, 4.69) is 10.3 Å². The molecule has 1 saturated heterocycles. The molecule has 0 aromatic carbocycles. The van der Waals surface area contributed by atoms with Gasteiger partial charge in [0.25, 0.3) is 0 Å². The molecule has 0 radical (unpaired) electrons. The second-order valence-electron chi connectivity index (χ2n) is 4.51. The molecule has 1 aliphatic heterocycles. The predicted octanol–water partition coefficient (Wildman–Crippen LogP) is 1.35. The molecule has 0 saturated carbocycles. The number of hydrogen-bond acceptors (Lipinski definition) is 4. The summed E-state index contributed by atoms with van der Waals surface area (Å²) in [5, 5.41) is 3.38. The highest BCUT2D eigenvalue weighted by Crippen LogP contribution is 2.16. The van der Waals surface area contributed by atoms with Crippen molar-refractivity contribution in [3.05, 3.63) is 23.4 Å². The van der Waals surface area contributed by atoms with Crippen LogP contribution in [0.4, 0.5) is 5.82 Å². The fourth-order valence-electron chi connectivity index (χ4n) is 2.03. The Balaban J connectivity index is 2.09. The predicted molar refractivity (Wildman–Crippen MR) is 79.4 cm³/mol. The lowest BCUT2D eigenvalue weighted by Crippen LogP contribution is -2.29.